The van der Waals surface area contributed by atoms with Crippen LogP contribution < -0.4 is 0 Å². The molecule has 0 atom stereocenters. The van der Waals surface area contributed by atoms with E-state index in [1.165, 1.54) is 3.57 Å². The summed E-state index contributed by atoms with van der Waals surface area (Å²) in [5, 5.41) is 9.19. The van der Waals surface area contributed by atoms with Crippen molar-refractivity contribution in [2.45, 2.75) is 6.61 Å². The number of benzene rings is 1. The van der Waals surface area contributed by atoms with Crippen molar-refractivity contribution in [2.24, 2.45) is 0 Å². The Morgan fingerprint density at radius 2 is 1.87 bits per heavy atom. The molecule has 0 fully saturated rings. The van der Waals surface area contributed by atoms with Crippen molar-refractivity contribution in [3.8, 4) is 11.3 Å². The molecular weight excluding hydrogens is 301 g/mol. The van der Waals surface area contributed by atoms with Crippen molar-refractivity contribution < 1.29 is 5.11 Å². The number of hydrogen-bond donors (Lipinski definition) is 1. The summed E-state index contributed by atoms with van der Waals surface area (Å²) in [5.41, 5.74) is 2.76. The summed E-state index contributed by atoms with van der Waals surface area (Å²) in [7, 11) is 0. The third-order valence-electron chi connectivity index (χ3n) is 2.18. The summed E-state index contributed by atoms with van der Waals surface area (Å²) in [6.07, 6.45) is 1.74. The Morgan fingerprint density at radius 3 is 2.53 bits per heavy atom. The molecule has 0 saturated carbocycles. The summed E-state index contributed by atoms with van der Waals surface area (Å²) in [6.45, 7) is 0.0230. The molecule has 2 rings (SSSR count). The molecule has 0 unspecified atom stereocenters. The van der Waals surface area contributed by atoms with Crippen molar-refractivity contribution in [1.29, 1.82) is 0 Å². The Labute approximate surface area is 102 Å². The van der Waals surface area contributed by atoms with Crippen LogP contribution in [0.3, 0.4) is 0 Å². The predicted molar refractivity (Wildman–Crippen MR) is 68.3 cm³/mol. The van der Waals surface area contributed by atoms with Crippen LogP contribution in [0.15, 0.2) is 42.6 Å². The van der Waals surface area contributed by atoms with Crippen molar-refractivity contribution in [1.82, 2.24) is 4.98 Å². The zero-order valence-corrected chi connectivity index (χ0v) is 10.2. The minimum atomic E-state index is 0.0230. The van der Waals surface area contributed by atoms with Gasteiger partial charge in [0.05, 0.1) is 12.3 Å². The molecule has 0 saturated heterocycles. The first-order valence-corrected chi connectivity index (χ1v) is 5.70. The fourth-order valence-electron chi connectivity index (χ4n) is 1.43. The van der Waals surface area contributed by atoms with Gasteiger partial charge in [0, 0.05) is 20.9 Å². The second-order valence-electron chi connectivity index (χ2n) is 3.18. The lowest BCUT2D eigenvalue weighted by Crippen LogP contribution is -1.92. The Hall–Kier alpha value is -0.940. The molecule has 0 aliphatic rings. The number of nitrogens with zero attached hydrogens (tertiary/aromatic N) is 1. The van der Waals surface area contributed by atoms with Gasteiger partial charge in [-0.15, -0.1) is 0 Å². The average Bonchev–Trinajstić information content (AvgIpc) is 2.30. The second-order valence-corrected chi connectivity index (χ2v) is 4.42. The van der Waals surface area contributed by atoms with Crippen LogP contribution in [-0.4, -0.2) is 10.1 Å². The summed E-state index contributed by atoms with van der Waals surface area (Å²) >= 11 is 2.26. The van der Waals surface area contributed by atoms with Gasteiger partial charge in [0.1, 0.15) is 0 Å². The lowest BCUT2D eigenvalue weighted by Gasteiger charge is -2.05. The molecular formula is C12H10INO. The van der Waals surface area contributed by atoms with E-state index in [2.05, 4.69) is 27.6 Å². The number of aromatic nitrogens is 1. The van der Waals surface area contributed by atoms with Crippen LogP contribution in [0.25, 0.3) is 11.3 Å². The molecule has 2 aromatic rings. The molecule has 1 N–H and O–H groups in total. The molecule has 1 heterocycles. The van der Waals surface area contributed by atoms with Gasteiger partial charge in [0.2, 0.25) is 0 Å². The lowest BCUT2D eigenvalue weighted by atomic mass is 10.1. The van der Waals surface area contributed by atoms with Crippen molar-refractivity contribution in [3.63, 3.8) is 0 Å². The first-order valence-electron chi connectivity index (χ1n) is 4.62. The molecule has 0 bridgehead atoms. The van der Waals surface area contributed by atoms with Gasteiger partial charge < -0.3 is 5.11 Å². The van der Waals surface area contributed by atoms with E-state index in [0.29, 0.717) is 0 Å². The van der Waals surface area contributed by atoms with Crippen LogP contribution in [0.5, 0.6) is 0 Å². The first-order chi connectivity index (χ1) is 7.31. The summed E-state index contributed by atoms with van der Waals surface area (Å²) in [5.74, 6) is 0. The molecule has 0 amide bonds. The minimum absolute atomic E-state index is 0.0230. The van der Waals surface area contributed by atoms with E-state index in [9.17, 15) is 5.11 Å². The van der Waals surface area contributed by atoms with Crippen LogP contribution >= 0.6 is 22.6 Å². The Bertz CT molecular complexity index is 453. The molecule has 0 spiro atoms. The van der Waals surface area contributed by atoms with E-state index < -0.39 is 0 Å². The number of aliphatic hydroxyl groups excluding tert-OH is 1. The van der Waals surface area contributed by atoms with Crippen molar-refractivity contribution in [3.05, 3.63) is 51.7 Å². The topological polar surface area (TPSA) is 33.1 Å². The van der Waals surface area contributed by atoms with Gasteiger partial charge in [-0.1, -0.05) is 18.2 Å². The van der Waals surface area contributed by atoms with Gasteiger partial charge in [0.25, 0.3) is 0 Å². The van der Waals surface area contributed by atoms with Crippen LogP contribution in [0.2, 0.25) is 0 Å². The maximum Gasteiger partial charge on any atom is 0.0757 e. The van der Waals surface area contributed by atoms with Crippen LogP contribution in [0.4, 0.5) is 0 Å². The first kappa shape index (κ1) is 10.6. The maximum atomic E-state index is 9.19. The quantitative estimate of drug-likeness (QED) is 0.865. The number of halogens is 1. The Kier molecular flexibility index (Phi) is 3.33. The number of hydrogen-bond acceptors (Lipinski definition) is 2. The monoisotopic (exact) mass is 311 g/mol. The summed E-state index contributed by atoms with van der Waals surface area (Å²) < 4.78 is 1.19. The van der Waals surface area contributed by atoms with E-state index in [1.807, 2.05) is 36.4 Å². The van der Waals surface area contributed by atoms with E-state index in [1.54, 1.807) is 6.20 Å². The van der Waals surface area contributed by atoms with Gasteiger partial charge in [-0.25, -0.2) is 0 Å². The molecule has 3 heteroatoms. The van der Waals surface area contributed by atoms with E-state index in [-0.39, 0.29) is 6.61 Å². The SMILES string of the molecule is OCc1cccnc1-c1ccc(I)cc1. The van der Waals surface area contributed by atoms with Crippen LogP contribution in [-0.2, 0) is 6.61 Å². The molecule has 15 heavy (non-hydrogen) atoms. The van der Waals surface area contributed by atoms with Gasteiger partial charge in [-0.2, -0.15) is 0 Å². The van der Waals surface area contributed by atoms with Crippen LogP contribution in [0.1, 0.15) is 5.56 Å². The Balaban J connectivity index is 2.49. The third kappa shape index (κ3) is 2.35. The largest absolute Gasteiger partial charge is 0.392 e. The molecule has 0 radical (unpaired) electrons. The van der Waals surface area contributed by atoms with Gasteiger partial charge in [-0.05, 0) is 40.8 Å². The van der Waals surface area contributed by atoms with E-state index >= 15 is 0 Å². The van der Waals surface area contributed by atoms with E-state index in [4.69, 9.17) is 0 Å². The summed E-state index contributed by atoms with van der Waals surface area (Å²) in [6, 6.07) is 11.8. The third-order valence-corrected chi connectivity index (χ3v) is 2.90. The normalized spacial score (nSPS) is 10.3. The summed E-state index contributed by atoms with van der Waals surface area (Å²) in [4.78, 5) is 4.29. The fourth-order valence-corrected chi connectivity index (χ4v) is 1.79. The molecule has 0 aliphatic heterocycles. The standard InChI is InChI=1S/C12H10INO/c13-11-5-3-9(4-6-11)12-10(8-15)2-1-7-14-12/h1-7,15H,8H2. The van der Waals surface area contributed by atoms with Gasteiger partial charge >= 0.3 is 0 Å². The highest BCUT2D eigenvalue weighted by molar-refractivity contribution is 14.1. The van der Waals surface area contributed by atoms with Crippen molar-refractivity contribution in [2.75, 3.05) is 0 Å². The highest BCUT2D eigenvalue weighted by Gasteiger charge is 2.04. The zero-order chi connectivity index (χ0) is 10.7. The van der Waals surface area contributed by atoms with Gasteiger partial charge in [-0.3, -0.25) is 4.98 Å². The predicted octanol–water partition coefficient (Wildman–Crippen LogP) is 2.85. The number of pyridine rings is 1. The van der Waals surface area contributed by atoms with Crippen LogP contribution in [0, 0.1) is 3.57 Å². The number of aliphatic hydroxyl groups is 1. The molecule has 1 aromatic carbocycles. The molecule has 0 aliphatic carbocycles. The van der Waals surface area contributed by atoms with E-state index in [0.717, 1.165) is 16.8 Å². The average molecular weight is 311 g/mol. The number of rotatable bonds is 2. The second kappa shape index (κ2) is 4.72. The molecule has 1 aromatic heterocycles. The van der Waals surface area contributed by atoms with Crippen molar-refractivity contribution >= 4 is 22.6 Å². The highest BCUT2D eigenvalue weighted by atomic mass is 127. The molecule has 2 nitrogen and oxygen atoms in total. The smallest absolute Gasteiger partial charge is 0.0757 e. The minimum Gasteiger partial charge on any atom is -0.392 e. The highest BCUT2D eigenvalue weighted by Crippen LogP contribution is 2.21. The zero-order valence-electron chi connectivity index (χ0n) is 8.02. The van der Waals surface area contributed by atoms with Gasteiger partial charge in [0.15, 0.2) is 0 Å². The Morgan fingerprint density at radius 1 is 1.13 bits per heavy atom. The molecule has 76 valence electrons. The lowest BCUT2D eigenvalue weighted by molar-refractivity contribution is 0.282. The fraction of sp³-hybridized carbons (Fsp3) is 0.0833. The maximum absolute atomic E-state index is 9.19.